The van der Waals surface area contributed by atoms with E-state index >= 15 is 0 Å². The van der Waals surface area contributed by atoms with Gasteiger partial charge in [0.25, 0.3) is 0 Å². The van der Waals surface area contributed by atoms with E-state index in [1.54, 1.807) is 6.92 Å². The van der Waals surface area contributed by atoms with Gasteiger partial charge in [-0.2, -0.15) is 5.48 Å². The molecule has 6 N–H and O–H groups in total. The number of hydrogen-bond donors (Lipinski definition) is 4. The molecule has 0 aliphatic heterocycles. The number of aliphatic imine (C=N–C) groups is 1. The van der Waals surface area contributed by atoms with Crippen LogP contribution in [0.4, 0.5) is 0 Å². The Labute approximate surface area is 110 Å². The van der Waals surface area contributed by atoms with E-state index < -0.39 is 18.0 Å². The number of carboxylic acid groups (broad SMARTS) is 1. The van der Waals surface area contributed by atoms with E-state index in [-0.39, 0.29) is 25.6 Å². The predicted molar refractivity (Wildman–Crippen MR) is 67.1 cm³/mol. The summed E-state index contributed by atoms with van der Waals surface area (Å²) in [5.74, 6) is -1.70. The Morgan fingerprint density at radius 3 is 2.63 bits per heavy atom. The third kappa shape index (κ3) is 9.80. The first-order chi connectivity index (χ1) is 8.97. The van der Waals surface area contributed by atoms with Crippen molar-refractivity contribution in [3.8, 4) is 0 Å². The molecular formula is C10H20N4O5. The normalized spacial score (nSPS) is 11.6. The van der Waals surface area contributed by atoms with Gasteiger partial charge in [-0.05, 0) is 19.8 Å². The maximum atomic E-state index is 10.9. The fourth-order valence-corrected chi connectivity index (χ4v) is 1.14. The second-order valence-corrected chi connectivity index (χ2v) is 3.55. The van der Waals surface area contributed by atoms with E-state index in [1.807, 2.05) is 0 Å². The summed E-state index contributed by atoms with van der Waals surface area (Å²) < 4.78 is 4.61. The highest BCUT2D eigenvalue weighted by Crippen LogP contribution is 1.98. The minimum Gasteiger partial charge on any atom is -0.480 e. The third-order valence-electron chi connectivity index (χ3n) is 1.96. The highest BCUT2D eigenvalue weighted by molar-refractivity contribution is 5.75. The maximum absolute atomic E-state index is 10.9. The van der Waals surface area contributed by atoms with Gasteiger partial charge in [-0.15, -0.1) is 0 Å². The van der Waals surface area contributed by atoms with Crippen molar-refractivity contribution < 1.29 is 24.3 Å². The summed E-state index contributed by atoms with van der Waals surface area (Å²) in [5.41, 5.74) is 12.5. The van der Waals surface area contributed by atoms with Crippen LogP contribution in [0.1, 0.15) is 19.8 Å². The number of carbonyl (C=O) groups excluding carboxylic acids is 1. The number of hydroxylamine groups is 1. The lowest BCUT2D eigenvalue weighted by Gasteiger charge is -2.13. The van der Waals surface area contributed by atoms with Crippen LogP contribution in [0.3, 0.4) is 0 Å². The molecule has 0 unspecified atom stereocenters. The second kappa shape index (κ2) is 10.1. The highest BCUT2D eigenvalue weighted by Gasteiger charge is 2.17. The van der Waals surface area contributed by atoms with Crippen molar-refractivity contribution in [3.63, 3.8) is 0 Å². The van der Waals surface area contributed by atoms with Crippen molar-refractivity contribution in [2.75, 3.05) is 19.8 Å². The molecule has 0 aromatic heterocycles. The van der Waals surface area contributed by atoms with Gasteiger partial charge in [0, 0.05) is 6.54 Å². The molecule has 0 aromatic rings. The van der Waals surface area contributed by atoms with Crippen LogP contribution in [0.5, 0.6) is 0 Å². The number of aliphatic carboxylic acids is 1. The van der Waals surface area contributed by atoms with Gasteiger partial charge in [-0.25, -0.2) is 4.79 Å². The molecule has 0 aromatic carbocycles. The zero-order valence-electron chi connectivity index (χ0n) is 10.8. The molecule has 0 spiro atoms. The molecule has 9 heteroatoms. The summed E-state index contributed by atoms with van der Waals surface area (Å²) >= 11 is 0. The SMILES string of the molecule is CCOC(=O)CON[C@@H](CCCN=C(N)N)C(=O)O. The van der Waals surface area contributed by atoms with Gasteiger partial charge in [0.2, 0.25) is 0 Å². The monoisotopic (exact) mass is 276 g/mol. The molecule has 0 fully saturated rings. The molecule has 0 rings (SSSR count). The Morgan fingerprint density at radius 1 is 1.42 bits per heavy atom. The number of ether oxygens (including phenoxy) is 1. The number of guanidine groups is 1. The molecule has 0 aliphatic rings. The molecule has 0 amide bonds. The number of nitrogens with two attached hydrogens (primary N) is 2. The molecular weight excluding hydrogens is 256 g/mol. The summed E-state index contributed by atoms with van der Waals surface area (Å²) in [6.45, 7) is 1.87. The molecule has 110 valence electrons. The van der Waals surface area contributed by atoms with E-state index in [4.69, 9.17) is 21.4 Å². The molecule has 0 saturated carbocycles. The fraction of sp³-hybridized carbons (Fsp3) is 0.700. The van der Waals surface area contributed by atoms with Gasteiger partial charge in [0.05, 0.1) is 6.61 Å². The first-order valence-electron chi connectivity index (χ1n) is 5.78. The van der Waals surface area contributed by atoms with Crippen molar-refractivity contribution in [2.45, 2.75) is 25.8 Å². The third-order valence-corrected chi connectivity index (χ3v) is 1.96. The predicted octanol–water partition coefficient (Wildman–Crippen LogP) is -1.42. The molecule has 0 bridgehead atoms. The van der Waals surface area contributed by atoms with Gasteiger partial charge in [0.15, 0.2) is 12.6 Å². The number of nitrogens with one attached hydrogen (secondary N) is 1. The molecule has 0 aliphatic carbocycles. The van der Waals surface area contributed by atoms with Gasteiger partial charge in [-0.1, -0.05) is 0 Å². The first-order valence-corrected chi connectivity index (χ1v) is 5.78. The van der Waals surface area contributed by atoms with Crippen LogP contribution < -0.4 is 16.9 Å². The lowest BCUT2D eigenvalue weighted by atomic mass is 10.2. The zero-order valence-corrected chi connectivity index (χ0v) is 10.8. The average Bonchev–Trinajstić information content (AvgIpc) is 2.31. The first kappa shape index (κ1) is 17.1. The summed E-state index contributed by atoms with van der Waals surface area (Å²) in [6, 6.07) is -0.941. The highest BCUT2D eigenvalue weighted by atomic mass is 16.7. The van der Waals surface area contributed by atoms with Crippen LogP contribution in [0.15, 0.2) is 4.99 Å². The van der Waals surface area contributed by atoms with Crippen LogP contribution in [0.2, 0.25) is 0 Å². The van der Waals surface area contributed by atoms with Crippen molar-refractivity contribution in [3.05, 3.63) is 0 Å². The Bertz CT molecular complexity index is 317. The summed E-state index contributed by atoms with van der Waals surface area (Å²) in [5, 5.41) is 8.91. The minimum absolute atomic E-state index is 0.0432. The van der Waals surface area contributed by atoms with Gasteiger partial charge >= 0.3 is 11.9 Å². The Kier molecular flexibility index (Phi) is 9.10. The largest absolute Gasteiger partial charge is 0.480 e. The van der Waals surface area contributed by atoms with E-state index in [9.17, 15) is 9.59 Å². The number of esters is 1. The molecule has 1 atom stereocenters. The standard InChI is InChI=1S/C10H20N4O5/c1-2-18-8(15)6-19-14-7(9(16)17)4-3-5-13-10(11)12/h7,14H,2-6H2,1H3,(H,16,17)(H4,11,12,13)/t7-/m0/s1. The van der Waals surface area contributed by atoms with Crippen molar-refractivity contribution in [2.24, 2.45) is 16.5 Å². The molecule has 0 radical (unpaired) electrons. The maximum Gasteiger partial charge on any atom is 0.334 e. The molecule has 9 nitrogen and oxygen atoms in total. The molecule has 19 heavy (non-hydrogen) atoms. The number of rotatable bonds is 10. The van der Waals surface area contributed by atoms with Gasteiger partial charge < -0.3 is 21.3 Å². The smallest absolute Gasteiger partial charge is 0.334 e. The van der Waals surface area contributed by atoms with Gasteiger partial charge in [-0.3, -0.25) is 14.6 Å². The zero-order chi connectivity index (χ0) is 14.7. The van der Waals surface area contributed by atoms with E-state index in [0.717, 1.165) is 0 Å². The summed E-state index contributed by atoms with van der Waals surface area (Å²) in [7, 11) is 0. The van der Waals surface area contributed by atoms with Crippen LogP contribution in [0.25, 0.3) is 0 Å². The average molecular weight is 276 g/mol. The molecule has 0 heterocycles. The van der Waals surface area contributed by atoms with Crippen LogP contribution in [-0.2, 0) is 19.2 Å². The minimum atomic E-state index is -1.09. The number of nitrogens with zero attached hydrogens (tertiary/aromatic N) is 1. The van der Waals surface area contributed by atoms with Crippen LogP contribution in [0, 0.1) is 0 Å². The topological polar surface area (TPSA) is 149 Å². The Morgan fingerprint density at radius 2 is 2.11 bits per heavy atom. The van der Waals surface area contributed by atoms with E-state index in [1.165, 1.54) is 0 Å². The summed E-state index contributed by atoms with van der Waals surface area (Å²) in [6.07, 6.45) is 0.722. The van der Waals surface area contributed by atoms with Crippen LogP contribution >= 0.6 is 0 Å². The van der Waals surface area contributed by atoms with Crippen molar-refractivity contribution >= 4 is 17.9 Å². The van der Waals surface area contributed by atoms with Crippen molar-refractivity contribution in [1.29, 1.82) is 0 Å². The van der Waals surface area contributed by atoms with E-state index in [2.05, 4.69) is 15.2 Å². The number of carboxylic acids is 1. The second-order valence-electron chi connectivity index (χ2n) is 3.55. The quantitative estimate of drug-likeness (QED) is 0.125. The van der Waals surface area contributed by atoms with Crippen molar-refractivity contribution in [1.82, 2.24) is 5.48 Å². The lowest BCUT2D eigenvalue weighted by Crippen LogP contribution is -2.38. The van der Waals surface area contributed by atoms with Crippen LogP contribution in [-0.4, -0.2) is 48.8 Å². The number of hydrogen-bond acceptors (Lipinski definition) is 6. The van der Waals surface area contributed by atoms with E-state index in [0.29, 0.717) is 13.0 Å². The summed E-state index contributed by atoms with van der Waals surface area (Å²) in [4.78, 5) is 30.3. The number of carbonyl (C=O) groups is 2. The van der Waals surface area contributed by atoms with Gasteiger partial charge in [0.1, 0.15) is 6.04 Å². The molecule has 0 saturated heterocycles. The lowest BCUT2D eigenvalue weighted by molar-refractivity contribution is -0.156. The Balaban J connectivity index is 3.90. The Hall–Kier alpha value is -1.87. The fourth-order valence-electron chi connectivity index (χ4n) is 1.14.